The van der Waals surface area contributed by atoms with E-state index in [1.54, 1.807) is 25.1 Å². The van der Waals surface area contributed by atoms with Gasteiger partial charge in [-0.25, -0.2) is 9.78 Å². The van der Waals surface area contributed by atoms with Gasteiger partial charge in [0.05, 0.1) is 24.4 Å². The zero-order valence-corrected chi connectivity index (χ0v) is 24.2. The Morgan fingerprint density at radius 3 is 2.50 bits per heavy atom. The second kappa shape index (κ2) is 12.7. The largest absolute Gasteiger partial charge is 0.461 e. The van der Waals surface area contributed by atoms with Gasteiger partial charge in [0.15, 0.2) is 0 Å². The molecule has 1 fully saturated rings. The summed E-state index contributed by atoms with van der Waals surface area (Å²) in [5.41, 5.74) is 1.52. The molecule has 4 rings (SSSR count). The van der Waals surface area contributed by atoms with Crippen LogP contribution in [0.1, 0.15) is 78.4 Å². The van der Waals surface area contributed by atoms with Crippen molar-refractivity contribution < 1.29 is 14.3 Å². The number of halogens is 2. The van der Waals surface area contributed by atoms with Crippen LogP contribution in [0.25, 0.3) is 0 Å². The highest BCUT2D eigenvalue weighted by atomic mass is 35.5. The van der Waals surface area contributed by atoms with Gasteiger partial charge in [0, 0.05) is 16.0 Å². The topological polar surface area (TPSA) is 59.5 Å². The first kappa shape index (κ1) is 29.4. The molecule has 1 aliphatic rings. The fourth-order valence-corrected chi connectivity index (χ4v) is 5.99. The number of esters is 1. The lowest BCUT2D eigenvalue weighted by atomic mass is 9.66. The van der Waals surface area contributed by atoms with Crippen LogP contribution < -0.4 is 0 Å². The predicted octanol–water partition coefficient (Wildman–Crippen LogP) is 7.97. The SMILES string of the molecule is C#C[C@]1(CC=C)C[C@H](c2cccc(Cl)c2)[C@@H](c2ccc(Cl)cc2)N([C@H](CC)c2cccc(C(=O)OCC)n2)C1=O. The van der Waals surface area contributed by atoms with E-state index >= 15 is 0 Å². The van der Waals surface area contributed by atoms with Gasteiger partial charge in [0.2, 0.25) is 5.91 Å². The maximum Gasteiger partial charge on any atom is 0.356 e. The quantitative estimate of drug-likeness (QED) is 0.148. The number of likely N-dealkylation sites (tertiary alicyclic amines) is 1. The Kier molecular flexibility index (Phi) is 9.35. The summed E-state index contributed by atoms with van der Waals surface area (Å²) in [7, 11) is 0. The molecule has 2 heterocycles. The van der Waals surface area contributed by atoms with Crippen molar-refractivity contribution in [2.24, 2.45) is 5.41 Å². The Balaban J connectivity index is 1.96. The molecule has 1 amide bonds. The van der Waals surface area contributed by atoms with Gasteiger partial charge in [0.1, 0.15) is 11.1 Å². The number of hydrogen-bond donors (Lipinski definition) is 0. The lowest BCUT2D eigenvalue weighted by Gasteiger charge is -2.51. The maximum atomic E-state index is 14.6. The van der Waals surface area contributed by atoms with Crippen molar-refractivity contribution in [3.8, 4) is 12.3 Å². The number of terminal acetylenes is 1. The molecule has 0 N–H and O–H groups in total. The molecule has 0 aliphatic carbocycles. The molecule has 5 nitrogen and oxygen atoms in total. The fraction of sp³-hybridized carbons (Fsp3) is 0.303. The average Bonchev–Trinajstić information content (AvgIpc) is 2.96. The summed E-state index contributed by atoms with van der Waals surface area (Å²) in [6, 6.07) is 19.5. The van der Waals surface area contributed by atoms with Crippen LogP contribution in [-0.4, -0.2) is 28.4 Å². The molecule has 1 aromatic heterocycles. The molecule has 0 spiro atoms. The molecule has 7 heteroatoms. The third-order valence-corrected chi connectivity index (χ3v) is 7.96. The summed E-state index contributed by atoms with van der Waals surface area (Å²) in [4.78, 5) is 33.7. The Morgan fingerprint density at radius 1 is 1.15 bits per heavy atom. The number of amides is 1. The number of rotatable bonds is 9. The number of carbonyl (C=O) groups excluding carboxylic acids is 2. The van der Waals surface area contributed by atoms with Crippen molar-refractivity contribution in [2.45, 2.75) is 51.1 Å². The predicted molar refractivity (Wildman–Crippen MR) is 159 cm³/mol. The Hall–Kier alpha value is -3.59. The molecule has 206 valence electrons. The number of benzene rings is 2. The van der Waals surface area contributed by atoms with Crippen molar-refractivity contribution >= 4 is 35.1 Å². The molecule has 0 unspecified atom stereocenters. The van der Waals surface area contributed by atoms with Crippen molar-refractivity contribution in [1.29, 1.82) is 0 Å². The van der Waals surface area contributed by atoms with Gasteiger partial charge < -0.3 is 9.64 Å². The first-order valence-corrected chi connectivity index (χ1v) is 14.1. The summed E-state index contributed by atoms with van der Waals surface area (Å²) < 4.78 is 5.19. The number of aromatic nitrogens is 1. The van der Waals surface area contributed by atoms with Crippen LogP contribution in [0, 0.1) is 17.8 Å². The van der Waals surface area contributed by atoms with E-state index < -0.39 is 23.5 Å². The van der Waals surface area contributed by atoms with E-state index in [9.17, 15) is 9.59 Å². The molecule has 4 atom stereocenters. The van der Waals surface area contributed by atoms with E-state index in [1.165, 1.54) is 0 Å². The van der Waals surface area contributed by atoms with Gasteiger partial charge >= 0.3 is 5.97 Å². The van der Waals surface area contributed by atoms with Crippen molar-refractivity contribution in [1.82, 2.24) is 9.88 Å². The Bertz CT molecular complexity index is 1430. The fourth-order valence-electron chi connectivity index (χ4n) is 5.67. The van der Waals surface area contributed by atoms with E-state index in [4.69, 9.17) is 34.4 Å². The number of allylic oxidation sites excluding steroid dienone is 1. The smallest absolute Gasteiger partial charge is 0.356 e. The zero-order chi connectivity index (χ0) is 28.9. The molecule has 2 aromatic carbocycles. The van der Waals surface area contributed by atoms with E-state index in [0.29, 0.717) is 35.0 Å². The van der Waals surface area contributed by atoms with Crippen molar-refractivity contribution in [3.63, 3.8) is 0 Å². The van der Waals surface area contributed by atoms with E-state index in [0.717, 1.165) is 11.1 Å². The van der Waals surface area contributed by atoms with Crippen LogP contribution in [0.4, 0.5) is 0 Å². The van der Waals surface area contributed by atoms with Crippen LogP contribution in [0.5, 0.6) is 0 Å². The normalized spacial score (nSPS) is 21.4. The highest BCUT2D eigenvalue weighted by Gasteiger charge is 2.53. The van der Waals surface area contributed by atoms with E-state index in [-0.39, 0.29) is 24.1 Å². The highest BCUT2D eigenvalue weighted by Crippen LogP contribution is 2.54. The Morgan fingerprint density at radius 2 is 1.88 bits per heavy atom. The lowest BCUT2D eigenvalue weighted by Crippen LogP contribution is -2.53. The molecule has 0 radical (unpaired) electrons. The standard InChI is InChI=1S/C33H32Cl2N2O3/c1-5-19-33(7-3)21-26(23-11-9-12-25(35)20-23)30(22-15-17-24(34)18-16-22)37(32(33)39)29(6-2)27-13-10-14-28(36-27)31(38)40-8-4/h3,5,9-18,20,26,29-30H,1,6,8,19,21H2,2,4H3/t26-,29-,30-,33+/m1/s1. The third kappa shape index (κ3) is 5.80. The van der Waals surface area contributed by atoms with E-state index in [1.807, 2.05) is 66.4 Å². The number of nitrogens with zero attached hydrogens (tertiary/aromatic N) is 2. The molecule has 40 heavy (non-hydrogen) atoms. The molecule has 3 aromatic rings. The summed E-state index contributed by atoms with van der Waals surface area (Å²) in [6.07, 6.45) is 9.12. The summed E-state index contributed by atoms with van der Waals surface area (Å²) in [5.74, 6) is 1.97. The summed E-state index contributed by atoms with van der Waals surface area (Å²) in [5, 5.41) is 1.19. The van der Waals surface area contributed by atoms with Gasteiger partial charge in [-0.3, -0.25) is 4.79 Å². The average molecular weight is 576 g/mol. The van der Waals surface area contributed by atoms with Gasteiger partial charge in [-0.1, -0.05) is 72.5 Å². The molecular weight excluding hydrogens is 543 g/mol. The molecular formula is C33H32Cl2N2O3. The maximum absolute atomic E-state index is 14.6. The van der Waals surface area contributed by atoms with Crippen LogP contribution in [0.2, 0.25) is 10.0 Å². The molecule has 1 aliphatic heterocycles. The lowest BCUT2D eigenvalue weighted by molar-refractivity contribution is -0.152. The van der Waals surface area contributed by atoms with Crippen molar-refractivity contribution in [3.05, 3.63) is 112 Å². The van der Waals surface area contributed by atoms with Crippen LogP contribution >= 0.6 is 23.2 Å². The number of hydrogen-bond acceptors (Lipinski definition) is 4. The third-order valence-electron chi connectivity index (χ3n) is 7.47. The van der Waals surface area contributed by atoms with Crippen molar-refractivity contribution in [2.75, 3.05) is 6.61 Å². The second-order valence-electron chi connectivity index (χ2n) is 9.89. The zero-order valence-electron chi connectivity index (χ0n) is 22.6. The van der Waals surface area contributed by atoms with Gasteiger partial charge in [-0.15, -0.1) is 13.0 Å². The minimum atomic E-state index is -1.12. The van der Waals surface area contributed by atoms with Crippen LogP contribution in [0.3, 0.4) is 0 Å². The minimum Gasteiger partial charge on any atom is -0.461 e. The molecule has 1 saturated heterocycles. The number of pyridine rings is 1. The minimum absolute atomic E-state index is 0.177. The molecule has 0 bridgehead atoms. The molecule has 0 saturated carbocycles. The first-order chi connectivity index (χ1) is 19.3. The number of carbonyl (C=O) groups is 2. The second-order valence-corrected chi connectivity index (χ2v) is 10.8. The summed E-state index contributed by atoms with van der Waals surface area (Å²) >= 11 is 12.7. The number of ether oxygens (including phenoxy) is 1. The monoisotopic (exact) mass is 574 g/mol. The number of piperidine rings is 1. The van der Waals surface area contributed by atoms with Gasteiger partial charge in [-0.2, -0.15) is 0 Å². The summed E-state index contributed by atoms with van der Waals surface area (Å²) in [6.45, 7) is 7.88. The Labute approximate surface area is 246 Å². The van der Waals surface area contributed by atoms with Gasteiger partial charge in [-0.05, 0) is 73.7 Å². The first-order valence-electron chi connectivity index (χ1n) is 13.3. The highest BCUT2D eigenvalue weighted by molar-refractivity contribution is 6.30. The van der Waals surface area contributed by atoms with E-state index in [2.05, 4.69) is 17.5 Å². The van der Waals surface area contributed by atoms with Crippen LogP contribution in [0.15, 0.2) is 79.4 Å². The van der Waals surface area contributed by atoms with Crippen LogP contribution in [-0.2, 0) is 9.53 Å². The van der Waals surface area contributed by atoms with Gasteiger partial charge in [0.25, 0.3) is 0 Å².